The molecular formula is C14H15FN4. The number of aryl methyl sites for hydroxylation is 2. The van der Waals surface area contributed by atoms with Gasteiger partial charge in [-0.1, -0.05) is 6.92 Å². The second kappa shape index (κ2) is 5.53. The second-order valence-corrected chi connectivity index (χ2v) is 4.28. The van der Waals surface area contributed by atoms with Gasteiger partial charge in [-0.3, -0.25) is 4.68 Å². The maximum Gasteiger partial charge on any atom is 0.124 e. The third-order valence-corrected chi connectivity index (χ3v) is 2.90. The van der Waals surface area contributed by atoms with Crippen molar-refractivity contribution in [2.24, 2.45) is 7.05 Å². The van der Waals surface area contributed by atoms with Crippen molar-refractivity contribution in [3.63, 3.8) is 0 Å². The van der Waals surface area contributed by atoms with Gasteiger partial charge in [-0.2, -0.15) is 10.4 Å². The summed E-state index contributed by atoms with van der Waals surface area (Å²) in [5, 5.41) is 16.5. The number of nitriles is 1. The van der Waals surface area contributed by atoms with E-state index in [2.05, 4.69) is 10.4 Å². The first-order valence-corrected chi connectivity index (χ1v) is 6.09. The molecule has 0 saturated heterocycles. The molecule has 2 aromatic rings. The molecule has 2 rings (SSSR count). The molecule has 0 aliphatic heterocycles. The fraction of sp³-hybridized carbons (Fsp3) is 0.286. The molecule has 0 aliphatic carbocycles. The third kappa shape index (κ3) is 2.91. The zero-order valence-corrected chi connectivity index (χ0v) is 10.9. The van der Waals surface area contributed by atoms with Crippen LogP contribution in [0.25, 0.3) is 0 Å². The van der Waals surface area contributed by atoms with Crippen LogP contribution >= 0.6 is 0 Å². The first-order chi connectivity index (χ1) is 9.13. The number of benzene rings is 1. The molecule has 98 valence electrons. The maximum atomic E-state index is 13.0. The van der Waals surface area contributed by atoms with Gasteiger partial charge in [0.25, 0.3) is 0 Å². The molecule has 0 bridgehead atoms. The Balaban J connectivity index is 2.17. The lowest BCUT2D eigenvalue weighted by Crippen LogP contribution is -2.03. The van der Waals surface area contributed by atoms with E-state index in [1.165, 1.54) is 12.1 Å². The van der Waals surface area contributed by atoms with Crippen LogP contribution in [0.15, 0.2) is 24.4 Å². The topological polar surface area (TPSA) is 53.6 Å². The summed E-state index contributed by atoms with van der Waals surface area (Å²) < 4.78 is 14.8. The van der Waals surface area contributed by atoms with Crippen LogP contribution in [0.1, 0.15) is 23.7 Å². The summed E-state index contributed by atoms with van der Waals surface area (Å²) in [6.45, 7) is 2.61. The Labute approximate surface area is 111 Å². The van der Waals surface area contributed by atoms with Gasteiger partial charge in [-0.25, -0.2) is 4.39 Å². The van der Waals surface area contributed by atoms with Crippen molar-refractivity contribution in [2.75, 3.05) is 5.32 Å². The van der Waals surface area contributed by atoms with Crippen LogP contribution in [0.5, 0.6) is 0 Å². The van der Waals surface area contributed by atoms with Crippen molar-refractivity contribution in [3.8, 4) is 6.07 Å². The van der Waals surface area contributed by atoms with Gasteiger partial charge in [-0.05, 0) is 24.6 Å². The molecule has 4 nitrogen and oxygen atoms in total. The smallest absolute Gasteiger partial charge is 0.124 e. The van der Waals surface area contributed by atoms with E-state index in [0.29, 0.717) is 17.8 Å². The molecule has 1 heterocycles. The number of rotatable bonds is 4. The van der Waals surface area contributed by atoms with Crippen LogP contribution in [0.4, 0.5) is 10.1 Å². The molecule has 19 heavy (non-hydrogen) atoms. The molecule has 0 atom stereocenters. The Morgan fingerprint density at radius 1 is 1.47 bits per heavy atom. The van der Waals surface area contributed by atoms with Gasteiger partial charge >= 0.3 is 0 Å². The molecule has 0 aliphatic rings. The average molecular weight is 258 g/mol. The minimum absolute atomic E-state index is 0.307. The summed E-state index contributed by atoms with van der Waals surface area (Å²) in [4.78, 5) is 0. The van der Waals surface area contributed by atoms with E-state index in [1.54, 1.807) is 10.7 Å². The Morgan fingerprint density at radius 3 is 2.95 bits per heavy atom. The van der Waals surface area contributed by atoms with E-state index in [1.807, 2.05) is 26.2 Å². The standard InChI is InChI=1S/C14H15FN4/c1-3-13-11(9-19(2)18-13)8-17-14-5-4-12(15)6-10(14)7-16/h4-6,9,17H,3,8H2,1-2H3. The van der Waals surface area contributed by atoms with E-state index >= 15 is 0 Å². The van der Waals surface area contributed by atoms with Crippen molar-refractivity contribution >= 4 is 5.69 Å². The Bertz CT molecular complexity index is 625. The maximum absolute atomic E-state index is 13.0. The van der Waals surface area contributed by atoms with E-state index in [4.69, 9.17) is 5.26 Å². The van der Waals surface area contributed by atoms with Gasteiger partial charge in [-0.15, -0.1) is 0 Å². The number of hydrogen-bond donors (Lipinski definition) is 1. The van der Waals surface area contributed by atoms with Crippen molar-refractivity contribution < 1.29 is 4.39 Å². The highest BCUT2D eigenvalue weighted by Gasteiger charge is 2.07. The summed E-state index contributed by atoms with van der Waals surface area (Å²) in [6, 6.07) is 6.13. The zero-order valence-electron chi connectivity index (χ0n) is 10.9. The minimum atomic E-state index is -0.405. The predicted molar refractivity (Wildman–Crippen MR) is 71.0 cm³/mol. The first kappa shape index (κ1) is 13.1. The first-order valence-electron chi connectivity index (χ1n) is 6.09. The fourth-order valence-electron chi connectivity index (χ4n) is 1.98. The van der Waals surface area contributed by atoms with Crippen molar-refractivity contribution in [3.05, 3.63) is 47.0 Å². The van der Waals surface area contributed by atoms with E-state index in [9.17, 15) is 4.39 Å². The van der Waals surface area contributed by atoms with Crippen molar-refractivity contribution in [1.29, 1.82) is 5.26 Å². The minimum Gasteiger partial charge on any atom is -0.380 e. The number of nitrogens with zero attached hydrogens (tertiary/aromatic N) is 3. The lowest BCUT2D eigenvalue weighted by Gasteiger charge is -2.07. The third-order valence-electron chi connectivity index (χ3n) is 2.90. The van der Waals surface area contributed by atoms with E-state index < -0.39 is 5.82 Å². The highest BCUT2D eigenvalue weighted by Crippen LogP contribution is 2.18. The molecular weight excluding hydrogens is 243 g/mol. The monoisotopic (exact) mass is 258 g/mol. The Morgan fingerprint density at radius 2 is 2.26 bits per heavy atom. The quantitative estimate of drug-likeness (QED) is 0.917. The molecule has 0 unspecified atom stereocenters. The summed E-state index contributed by atoms with van der Waals surface area (Å²) in [7, 11) is 1.88. The average Bonchev–Trinajstić information content (AvgIpc) is 2.77. The highest BCUT2D eigenvalue weighted by atomic mass is 19.1. The van der Waals surface area contributed by atoms with Gasteiger partial charge < -0.3 is 5.32 Å². The number of nitrogens with one attached hydrogen (secondary N) is 1. The van der Waals surface area contributed by atoms with Crippen LogP contribution in [0.3, 0.4) is 0 Å². The van der Waals surface area contributed by atoms with Crippen LogP contribution in [-0.2, 0) is 20.0 Å². The Kier molecular flexibility index (Phi) is 3.81. The SMILES string of the molecule is CCc1nn(C)cc1CNc1ccc(F)cc1C#N. The summed E-state index contributed by atoms with van der Waals surface area (Å²) >= 11 is 0. The molecule has 1 aromatic heterocycles. The highest BCUT2D eigenvalue weighted by molar-refractivity contribution is 5.57. The van der Waals surface area contributed by atoms with Gasteiger partial charge in [0.2, 0.25) is 0 Å². The fourth-order valence-corrected chi connectivity index (χ4v) is 1.98. The largest absolute Gasteiger partial charge is 0.380 e. The van der Waals surface area contributed by atoms with E-state index in [0.717, 1.165) is 17.7 Å². The number of hydrogen-bond acceptors (Lipinski definition) is 3. The molecule has 0 fully saturated rings. The van der Waals surface area contributed by atoms with Crippen LogP contribution < -0.4 is 5.32 Å². The van der Waals surface area contributed by atoms with Crippen molar-refractivity contribution in [1.82, 2.24) is 9.78 Å². The second-order valence-electron chi connectivity index (χ2n) is 4.28. The van der Waals surface area contributed by atoms with Crippen LogP contribution in [-0.4, -0.2) is 9.78 Å². The zero-order chi connectivity index (χ0) is 13.8. The van der Waals surface area contributed by atoms with Crippen LogP contribution in [0, 0.1) is 17.1 Å². The molecule has 0 spiro atoms. The summed E-state index contributed by atoms with van der Waals surface area (Å²) in [5.41, 5.74) is 3.05. The molecule has 1 N–H and O–H groups in total. The summed E-state index contributed by atoms with van der Waals surface area (Å²) in [6.07, 6.45) is 2.80. The van der Waals surface area contributed by atoms with E-state index in [-0.39, 0.29) is 0 Å². The summed E-state index contributed by atoms with van der Waals surface area (Å²) in [5.74, 6) is -0.405. The molecule has 0 radical (unpaired) electrons. The van der Waals surface area contributed by atoms with Gasteiger partial charge in [0.15, 0.2) is 0 Å². The normalized spacial score (nSPS) is 10.2. The lowest BCUT2D eigenvalue weighted by molar-refractivity contribution is 0.627. The number of halogens is 1. The predicted octanol–water partition coefficient (Wildman–Crippen LogP) is 2.61. The Hall–Kier alpha value is -2.35. The molecule has 0 amide bonds. The van der Waals surface area contributed by atoms with Gasteiger partial charge in [0, 0.05) is 25.4 Å². The van der Waals surface area contributed by atoms with Gasteiger partial charge in [0.05, 0.1) is 16.9 Å². The van der Waals surface area contributed by atoms with Crippen molar-refractivity contribution in [2.45, 2.75) is 19.9 Å². The molecule has 5 heteroatoms. The van der Waals surface area contributed by atoms with Gasteiger partial charge in [0.1, 0.15) is 11.9 Å². The molecule has 0 saturated carbocycles. The molecule has 1 aromatic carbocycles. The van der Waals surface area contributed by atoms with Crippen LogP contribution in [0.2, 0.25) is 0 Å². The number of aromatic nitrogens is 2. The lowest BCUT2D eigenvalue weighted by atomic mass is 10.1. The number of anilines is 1.